The summed E-state index contributed by atoms with van der Waals surface area (Å²) in [6.07, 6.45) is 4.85. The maximum absolute atomic E-state index is 12.1. The molecule has 2 atom stereocenters. The second-order valence-electron chi connectivity index (χ2n) is 5.92. The molecule has 4 heteroatoms. The van der Waals surface area contributed by atoms with Gasteiger partial charge >= 0.3 is 6.03 Å². The van der Waals surface area contributed by atoms with Crippen LogP contribution in [-0.2, 0) is 4.74 Å². The maximum Gasteiger partial charge on any atom is 0.317 e. The van der Waals surface area contributed by atoms with E-state index in [-0.39, 0.29) is 6.03 Å². The number of morpholine rings is 1. The average molecular weight is 254 g/mol. The summed E-state index contributed by atoms with van der Waals surface area (Å²) in [7, 11) is 0. The summed E-state index contributed by atoms with van der Waals surface area (Å²) in [5.74, 6) is 1.50. The Kier molecular flexibility index (Phi) is 4.87. The van der Waals surface area contributed by atoms with Gasteiger partial charge in [-0.05, 0) is 24.7 Å². The number of urea groups is 1. The van der Waals surface area contributed by atoms with E-state index in [1.807, 2.05) is 4.90 Å². The van der Waals surface area contributed by atoms with Crippen LogP contribution in [0, 0.1) is 11.8 Å². The first-order valence-electron chi connectivity index (χ1n) is 7.30. The second kappa shape index (κ2) is 6.41. The van der Waals surface area contributed by atoms with Crippen LogP contribution in [0.2, 0.25) is 0 Å². The van der Waals surface area contributed by atoms with Crippen LogP contribution in [0.25, 0.3) is 0 Å². The number of amides is 2. The number of carbonyl (C=O) groups is 1. The van der Waals surface area contributed by atoms with Crippen LogP contribution in [0.3, 0.4) is 0 Å². The molecule has 18 heavy (non-hydrogen) atoms. The molecule has 1 saturated carbocycles. The summed E-state index contributed by atoms with van der Waals surface area (Å²) < 4.78 is 5.27. The molecule has 0 bridgehead atoms. The van der Waals surface area contributed by atoms with Crippen LogP contribution < -0.4 is 5.32 Å². The monoisotopic (exact) mass is 254 g/mol. The van der Waals surface area contributed by atoms with E-state index in [1.54, 1.807) is 0 Å². The Bertz CT molecular complexity index is 275. The average Bonchev–Trinajstić information content (AvgIpc) is 2.40. The fourth-order valence-electron chi connectivity index (χ4n) is 3.00. The van der Waals surface area contributed by atoms with E-state index < -0.39 is 0 Å². The summed E-state index contributed by atoms with van der Waals surface area (Å²) in [5, 5.41) is 3.20. The third-order valence-corrected chi connectivity index (χ3v) is 4.28. The topological polar surface area (TPSA) is 41.6 Å². The third-order valence-electron chi connectivity index (χ3n) is 4.28. The third kappa shape index (κ3) is 3.61. The van der Waals surface area contributed by atoms with Gasteiger partial charge in [-0.3, -0.25) is 0 Å². The Morgan fingerprint density at radius 2 is 2.00 bits per heavy atom. The standard InChI is InChI=1S/C14H26N2O2/c1-11(2)12-4-3-5-13(10-12)15-14(17)16-6-8-18-9-7-16/h11-13H,3-10H2,1-2H3,(H,15,17)/t12-,13-/m1/s1. The van der Waals surface area contributed by atoms with Crippen molar-refractivity contribution >= 4 is 6.03 Å². The Morgan fingerprint density at radius 1 is 1.28 bits per heavy atom. The largest absolute Gasteiger partial charge is 0.378 e. The van der Waals surface area contributed by atoms with E-state index >= 15 is 0 Å². The molecule has 2 fully saturated rings. The number of hydrogen-bond acceptors (Lipinski definition) is 2. The van der Waals surface area contributed by atoms with Crippen LogP contribution in [0.4, 0.5) is 4.79 Å². The summed E-state index contributed by atoms with van der Waals surface area (Å²) >= 11 is 0. The normalized spacial score (nSPS) is 29.4. The van der Waals surface area contributed by atoms with Gasteiger partial charge in [-0.15, -0.1) is 0 Å². The molecule has 0 unspecified atom stereocenters. The molecule has 1 aliphatic carbocycles. The quantitative estimate of drug-likeness (QED) is 0.821. The second-order valence-corrected chi connectivity index (χ2v) is 5.92. The smallest absolute Gasteiger partial charge is 0.317 e. The Labute approximate surface area is 110 Å². The highest BCUT2D eigenvalue weighted by Crippen LogP contribution is 2.29. The summed E-state index contributed by atoms with van der Waals surface area (Å²) in [6.45, 7) is 7.38. The first-order valence-corrected chi connectivity index (χ1v) is 7.30. The van der Waals surface area contributed by atoms with E-state index in [2.05, 4.69) is 19.2 Å². The Morgan fingerprint density at radius 3 is 2.67 bits per heavy atom. The van der Waals surface area contributed by atoms with Crippen molar-refractivity contribution in [1.82, 2.24) is 10.2 Å². The highest BCUT2D eigenvalue weighted by Gasteiger charge is 2.26. The first kappa shape index (κ1) is 13.7. The number of carbonyl (C=O) groups excluding carboxylic acids is 1. The Balaban J connectivity index is 1.79. The molecule has 0 aromatic rings. The van der Waals surface area contributed by atoms with Gasteiger partial charge in [0.1, 0.15) is 0 Å². The van der Waals surface area contributed by atoms with Crippen LogP contribution in [-0.4, -0.2) is 43.3 Å². The zero-order chi connectivity index (χ0) is 13.0. The minimum Gasteiger partial charge on any atom is -0.378 e. The van der Waals surface area contributed by atoms with Gasteiger partial charge in [0.2, 0.25) is 0 Å². The van der Waals surface area contributed by atoms with Crippen molar-refractivity contribution in [3.8, 4) is 0 Å². The minimum atomic E-state index is 0.104. The van der Waals surface area contributed by atoms with E-state index in [1.165, 1.54) is 12.8 Å². The molecule has 2 rings (SSSR count). The van der Waals surface area contributed by atoms with Crippen LogP contribution in [0.1, 0.15) is 39.5 Å². The van der Waals surface area contributed by atoms with E-state index in [0.717, 1.165) is 37.8 Å². The predicted octanol–water partition coefficient (Wildman–Crippen LogP) is 2.24. The van der Waals surface area contributed by atoms with Crippen molar-refractivity contribution in [2.45, 2.75) is 45.6 Å². The van der Waals surface area contributed by atoms with Crippen LogP contribution >= 0.6 is 0 Å². The predicted molar refractivity (Wildman–Crippen MR) is 71.5 cm³/mol. The lowest BCUT2D eigenvalue weighted by atomic mass is 9.79. The van der Waals surface area contributed by atoms with E-state index in [9.17, 15) is 4.79 Å². The van der Waals surface area contributed by atoms with Gasteiger partial charge in [0, 0.05) is 19.1 Å². The molecule has 104 valence electrons. The molecular formula is C14H26N2O2. The molecule has 0 radical (unpaired) electrons. The molecule has 0 aromatic heterocycles. The van der Waals surface area contributed by atoms with Crippen molar-refractivity contribution in [1.29, 1.82) is 0 Å². The maximum atomic E-state index is 12.1. The zero-order valence-corrected chi connectivity index (χ0v) is 11.7. The lowest BCUT2D eigenvalue weighted by molar-refractivity contribution is 0.0517. The van der Waals surface area contributed by atoms with Gasteiger partial charge in [-0.2, -0.15) is 0 Å². The van der Waals surface area contributed by atoms with Gasteiger partial charge in [-0.25, -0.2) is 4.79 Å². The summed E-state index contributed by atoms with van der Waals surface area (Å²) in [5.41, 5.74) is 0. The van der Waals surface area contributed by atoms with Gasteiger partial charge < -0.3 is 15.0 Å². The van der Waals surface area contributed by atoms with Gasteiger partial charge in [0.15, 0.2) is 0 Å². The lowest BCUT2D eigenvalue weighted by Gasteiger charge is -2.34. The molecule has 1 N–H and O–H groups in total. The van der Waals surface area contributed by atoms with Gasteiger partial charge in [0.05, 0.1) is 13.2 Å². The van der Waals surface area contributed by atoms with Gasteiger partial charge in [0.25, 0.3) is 0 Å². The zero-order valence-electron chi connectivity index (χ0n) is 11.7. The van der Waals surface area contributed by atoms with E-state index in [0.29, 0.717) is 19.3 Å². The van der Waals surface area contributed by atoms with E-state index in [4.69, 9.17) is 4.74 Å². The molecule has 0 spiro atoms. The Hall–Kier alpha value is -0.770. The minimum absolute atomic E-state index is 0.104. The number of rotatable bonds is 2. The fourth-order valence-corrected chi connectivity index (χ4v) is 3.00. The molecule has 1 heterocycles. The molecule has 4 nitrogen and oxygen atoms in total. The SMILES string of the molecule is CC(C)[C@@H]1CCC[C@@H](NC(=O)N2CCOCC2)C1. The van der Waals surface area contributed by atoms with Crippen molar-refractivity contribution in [2.24, 2.45) is 11.8 Å². The van der Waals surface area contributed by atoms with Crippen molar-refractivity contribution in [2.75, 3.05) is 26.3 Å². The summed E-state index contributed by atoms with van der Waals surface area (Å²) in [6, 6.07) is 0.481. The highest BCUT2D eigenvalue weighted by atomic mass is 16.5. The van der Waals surface area contributed by atoms with Crippen molar-refractivity contribution < 1.29 is 9.53 Å². The summed E-state index contributed by atoms with van der Waals surface area (Å²) in [4.78, 5) is 14.0. The number of nitrogens with zero attached hydrogens (tertiary/aromatic N) is 1. The first-order chi connectivity index (χ1) is 8.66. The van der Waals surface area contributed by atoms with Gasteiger partial charge in [-0.1, -0.05) is 26.7 Å². The van der Waals surface area contributed by atoms with Crippen molar-refractivity contribution in [3.05, 3.63) is 0 Å². The van der Waals surface area contributed by atoms with Crippen LogP contribution in [0.5, 0.6) is 0 Å². The molecule has 0 aromatic carbocycles. The molecular weight excluding hydrogens is 228 g/mol. The number of nitrogens with one attached hydrogen (secondary N) is 1. The fraction of sp³-hybridized carbons (Fsp3) is 0.929. The van der Waals surface area contributed by atoms with Crippen molar-refractivity contribution in [3.63, 3.8) is 0 Å². The molecule has 1 saturated heterocycles. The lowest BCUT2D eigenvalue weighted by Crippen LogP contribution is -2.50. The molecule has 2 amide bonds. The number of hydrogen-bond donors (Lipinski definition) is 1. The highest BCUT2D eigenvalue weighted by molar-refractivity contribution is 5.74. The van der Waals surface area contributed by atoms with Crippen LogP contribution in [0.15, 0.2) is 0 Å². The molecule has 2 aliphatic rings. The molecule has 1 aliphatic heterocycles. The number of ether oxygens (including phenoxy) is 1.